The van der Waals surface area contributed by atoms with Crippen molar-refractivity contribution in [3.8, 4) is 11.3 Å². The Bertz CT molecular complexity index is 922. The molecular formula is C22H23N2O+. The molecule has 0 fully saturated rings. The lowest BCUT2D eigenvalue weighted by Gasteiger charge is -2.07. The molecule has 0 bridgehead atoms. The summed E-state index contributed by atoms with van der Waals surface area (Å²) in [7, 11) is 0. The van der Waals surface area contributed by atoms with Crippen molar-refractivity contribution in [3.63, 3.8) is 0 Å². The summed E-state index contributed by atoms with van der Waals surface area (Å²) in [6.07, 6.45) is 6.72. The maximum absolute atomic E-state index is 12.0. The van der Waals surface area contributed by atoms with E-state index in [0.717, 1.165) is 32.2 Å². The van der Waals surface area contributed by atoms with Gasteiger partial charge in [0.1, 0.15) is 6.21 Å². The average Bonchev–Trinajstić information content (AvgIpc) is 3.03. The summed E-state index contributed by atoms with van der Waals surface area (Å²) < 4.78 is 1.92. The van der Waals surface area contributed by atoms with E-state index in [9.17, 15) is 4.79 Å². The lowest BCUT2D eigenvalue weighted by atomic mass is 10.0. The van der Waals surface area contributed by atoms with Gasteiger partial charge in [-0.05, 0) is 30.0 Å². The van der Waals surface area contributed by atoms with Gasteiger partial charge >= 0.3 is 5.91 Å². The molecule has 0 saturated heterocycles. The third-order valence-corrected chi connectivity index (χ3v) is 4.97. The van der Waals surface area contributed by atoms with E-state index in [0.29, 0.717) is 6.42 Å². The minimum absolute atomic E-state index is 0.272. The summed E-state index contributed by atoms with van der Waals surface area (Å²) in [5.41, 5.74) is 4.95. The van der Waals surface area contributed by atoms with Crippen LogP contribution in [0.15, 0.2) is 54.6 Å². The predicted octanol–water partition coefficient (Wildman–Crippen LogP) is 4.56. The SMILES string of the molecule is O=C1CCCC=[N+]1CCCc1c(-c2ccccc2)[nH]c2ccccc12. The maximum atomic E-state index is 12.0. The van der Waals surface area contributed by atoms with Crippen LogP contribution in [0.3, 0.4) is 0 Å². The van der Waals surface area contributed by atoms with Crippen LogP contribution in [0.1, 0.15) is 31.2 Å². The Kier molecular flexibility index (Phi) is 4.47. The summed E-state index contributed by atoms with van der Waals surface area (Å²) in [6.45, 7) is 0.812. The van der Waals surface area contributed by atoms with Crippen molar-refractivity contribution in [3.05, 3.63) is 60.2 Å². The first kappa shape index (κ1) is 15.8. The molecule has 126 valence electrons. The molecule has 2 aromatic carbocycles. The topological polar surface area (TPSA) is 35.9 Å². The van der Waals surface area contributed by atoms with Crippen molar-refractivity contribution in [2.45, 2.75) is 32.1 Å². The monoisotopic (exact) mass is 331 g/mol. The standard InChI is InChI=1S/C22H23N2O/c25-21-14-6-7-15-24(21)16-8-12-19-18-11-4-5-13-20(18)23-22(19)17-9-2-1-3-10-17/h1-5,9-11,13,15,23H,6-8,12,14,16H2/q+1. The number of fused-ring (bicyclic) bond motifs is 1. The smallest absolute Gasteiger partial charge is 0.354 e. The van der Waals surface area contributed by atoms with Gasteiger partial charge in [0.05, 0.1) is 6.42 Å². The van der Waals surface area contributed by atoms with Crippen molar-refractivity contribution in [2.24, 2.45) is 0 Å². The van der Waals surface area contributed by atoms with Crippen LogP contribution in [0.5, 0.6) is 0 Å². The Morgan fingerprint density at radius 2 is 1.80 bits per heavy atom. The average molecular weight is 331 g/mol. The number of aromatic nitrogens is 1. The fourth-order valence-corrected chi connectivity index (χ4v) is 3.70. The third kappa shape index (κ3) is 3.27. The van der Waals surface area contributed by atoms with Crippen molar-refractivity contribution in [2.75, 3.05) is 6.54 Å². The summed E-state index contributed by atoms with van der Waals surface area (Å²) in [6, 6.07) is 19.0. The number of hydrogen-bond donors (Lipinski definition) is 1. The number of carbonyl (C=O) groups excluding carboxylic acids is 1. The largest absolute Gasteiger partial charge is 0.386 e. The van der Waals surface area contributed by atoms with Crippen molar-refractivity contribution in [1.29, 1.82) is 0 Å². The highest BCUT2D eigenvalue weighted by molar-refractivity contribution is 5.90. The molecule has 0 unspecified atom stereocenters. The number of amides is 1. The zero-order valence-corrected chi connectivity index (χ0v) is 14.4. The number of hydrogen-bond acceptors (Lipinski definition) is 1. The lowest BCUT2D eigenvalue weighted by Crippen LogP contribution is -2.26. The number of aromatic amines is 1. The molecule has 2 heterocycles. The molecule has 1 N–H and O–H groups in total. The van der Waals surface area contributed by atoms with E-state index in [1.807, 2.05) is 10.6 Å². The molecule has 1 amide bonds. The first-order chi connectivity index (χ1) is 12.3. The number of aryl methyl sites for hydroxylation is 1. The van der Waals surface area contributed by atoms with Gasteiger partial charge < -0.3 is 4.98 Å². The van der Waals surface area contributed by atoms with Gasteiger partial charge in [-0.25, -0.2) is 4.79 Å². The first-order valence-corrected chi connectivity index (χ1v) is 9.11. The molecule has 1 aliphatic rings. The minimum Gasteiger partial charge on any atom is -0.354 e. The summed E-state index contributed by atoms with van der Waals surface area (Å²) in [4.78, 5) is 15.6. The molecule has 3 heteroatoms. The zero-order valence-electron chi connectivity index (χ0n) is 14.4. The highest BCUT2D eigenvalue weighted by Gasteiger charge is 2.21. The molecule has 0 atom stereocenters. The summed E-state index contributed by atoms with van der Waals surface area (Å²) in [5, 5.41) is 1.29. The van der Waals surface area contributed by atoms with Crippen LogP contribution in [-0.2, 0) is 11.2 Å². The first-order valence-electron chi connectivity index (χ1n) is 9.11. The number of nitrogens with zero attached hydrogens (tertiary/aromatic N) is 1. The van der Waals surface area contributed by atoms with Gasteiger partial charge in [-0.2, -0.15) is 4.58 Å². The van der Waals surface area contributed by atoms with Crippen LogP contribution in [0.25, 0.3) is 22.2 Å². The van der Waals surface area contributed by atoms with E-state index in [-0.39, 0.29) is 5.91 Å². The Hall–Kier alpha value is -2.68. The van der Waals surface area contributed by atoms with Crippen molar-refractivity contribution < 1.29 is 9.37 Å². The summed E-state index contributed by atoms with van der Waals surface area (Å²) in [5.74, 6) is 0.272. The van der Waals surface area contributed by atoms with Gasteiger partial charge in [0.2, 0.25) is 0 Å². The minimum atomic E-state index is 0.272. The van der Waals surface area contributed by atoms with Crippen molar-refractivity contribution in [1.82, 2.24) is 4.98 Å². The number of benzene rings is 2. The second kappa shape index (κ2) is 7.06. The second-order valence-electron chi connectivity index (χ2n) is 6.66. The van der Waals surface area contributed by atoms with E-state index in [1.54, 1.807) is 0 Å². The van der Waals surface area contributed by atoms with Crippen LogP contribution >= 0.6 is 0 Å². The molecule has 0 spiro atoms. The molecule has 3 aromatic rings. The van der Waals surface area contributed by atoms with E-state index >= 15 is 0 Å². The molecule has 4 rings (SSSR count). The second-order valence-corrected chi connectivity index (χ2v) is 6.66. The Morgan fingerprint density at radius 1 is 1.00 bits per heavy atom. The van der Waals surface area contributed by atoms with Crippen molar-refractivity contribution >= 4 is 23.0 Å². The van der Waals surface area contributed by atoms with Gasteiger partial charge in [-0.15, -0.1) is 0 Å². The van der Waals surface area contributed by atoms with Gasteiger partial charge in [-0.3, -0.25) is 0 Å². The van der Waals surface area contributed by atoms with Gasteiger partial charge in [-0.1, -0.05) is 48.5 Å². The number of carbonyl (C=O) groups is 1. The quantitative estimate of drug-likeness (QED) is 0.684. The zero-order chi connectivity index (χ0) is 17.1. The van der Waals surface area contributed by atoms with Gasteiger partial charge in [0.25, 0.3) is 0 Å². The van der Waals surface area contributed by atoms with Gasteiger partial charge in [0, 0.05) is 29.4 Å². The number of H-pyrrole nitrogens is 1. The van der Waals surface area contributed by atoms with Crippen LogP contribution in [0, 0.1) is 0 Å². The molecular weight excluding hydrogens is 308 g/mol. The number of rotatable bonds is 5. The fourth-order valence-electron chi connectivity index (χ4n) is 3.70. The van der Waals surface area contributed by atoms with Crippen LogP contribution in [0.2, 0.25) is 0 Å². The van der Waals surface area contributed by atoms with E-state index in [2.05, 4.69) is 59.7 Å². The van der Waals surface area contributed by atoms with E-state index < -0.39 is 0 Å². The Balaban J connectivity index is 1.61. The van der Waals surface area contributed by atoms with Crippen LogP contribution < -0.4 is 0 Å². The normalized spacial score (nSPS) is 14.7. The molecule has 1 aliphatic heterocycles. The highest BCUT2D eigenvalue weighted by atomic mass is 16.2. The maximum Gasteiger partial charge on any atom is 0.386 e. The predicted molar refractivity (Wildman–Crippen MR) is 102 cm³/mol. The van der Waals surface area contributed by atoms with Crippen LogP contribution in [-0.4, -0.2) is 28.2 Å². The van der Waals surface area contributed by atoms with E-state index in [4.69, 9.17) is 0 Å². The Morgan fingerprint density at radius 3 is 2.64 bits per heavy atom. The molecule has 0 aliphatic carbocycles. The summed E-state index contributed by atoms with van der Waals surface area (Å²) >= 11 is 0. The third-order valence-electron chi connectivity index (χ3n) is 4.97. The fraction of sp³-hybridized carbons (Fsp3) is 0.273. The highest BCUT2D eigenvalue weighted by Crippen LogP contribution is 2.31. The lowest BCUT2D eigenvalue weighted by molar-refractivity contribution is -0.449. The van der Waals surface area contributed by atoms with Gasteiger partial charge in [0.15, 0.2) is 6.54 Å². The van der Waals surface area contributed by atoms with E-state index in [1.165, 1.54) is 27.7 Å². The Labute approximate surface area is 148 Å². The number of para-hydroxylation sites is 1. The molecule has 3 nitrogen and oxygen atoms in total. The molecule has 25 heavy (non-hydrogen) atoms. The van der Waals surface area contributed by atoms with Crippen LogP contribution in [0.4, 0.5) is 0 Å². The molecule has 1 aromatic heterocycles. The molecule has 0 saturated carbocycles. The molecule has 0 radical (unpaired) electrons. The number of nitrogens with one attached hydrogen (secondary N) is 1.